The number of halogens is 2. The summed E-state index contributed by atoms with van der Waals surface area (Å²) in [6, 6.07) is 4.31. The lowest BCUT2D eigenvalue weighted by Gasteiger charge is -2.25. The third kappa shape index (κ3) is 4.20. The van der Waals surface area contributed by atoms with E-state index in [0.29, 0.717) is 18.7 Å². The van der Waals surface area contributed by atoms with E-state index in [9.17, 15) is 9.18 Å². The molecule has 2 rings (SSSR count). The van der Waals surface area contributed by atoms with Gasteiger partial charge in [-0.2, -0.15) is 0 Å². The smallest absolute Gasteiger partial charge is 0.410 e. The van der Waals surface area contributed by atoms with Gasteiger partial charge >= 0.3 is 6.09 Å². The minimum Gasteiger partial charge on any atom is -0.444 e. The SMILES string of the molecule is CC(C)(C)OC(=O)N1CCC(C(N)c2cc(Br)ccc2F)C1. The Morgan fingerprint density at radius 2 is 2.18 bits per heavy atom. The largest absolute Gasteiger partial charge is 0.444 e. The van der Waals surface area contributed by atoms with Gasteiger partial charge in [0.2, 0.25) is 0 Å². The first-order valence-electron chi connectivity index (χ1n) is 7.36. The molecule has 1 aliphatic rings. The van der Waals surface area contributed by atoms with Crippen molar-refractivity contribution in [2.45, 2.75) is 38.8 Å². The Morgan fingerprint density at radius 1 is 1.50 bits per heavy atom. The van der Waals surface area contributed by atoms with Gasteiger partial charge in [0.15, 0.2) is 0 Å². The van der Waals surface area contributed by atoms with E-state index in [-0.39, 0.29) is 17.8 Å². The van der Waals surface area contributed by atoms with Gasteiger partial charge < -0.3 is 15.4 Å². The van der Waals surface area contributed by atoms with Crippen molar-refractivity contribution in [3.63, 3.8) is 0 Å². The molecule has 1 aromatic rings. The minimum absolute atomic E-state index is 0.0244. The second kappa shape index (κ2) is 6.54. The zero-order valence-corrected chi connectivity index (χ0v) is 14.7. The first kappa shape index (κ1) is 17.2. The molecule has 2 N–H and O–H groups in total. The van der Waals surface area contributed by atoms with Gasteiger partial charge in [-0.25, -0.2) is 9.18 Å². The minimum atomic E-state index is -0.520. The fraction of sp³-hybridized carbons (Fsp3) is 0.562. The van der Waals surface area contributed by atoms with Crippen LogP contribution in [0.4, 0.5) is 9.18 Å². The van der Waals surface area contributed by atoms with Gasteiger partial charge in [0.1, 0.15) is 11.4 Å². The molecular weight excluding hydrogens is 351 g/mol. The maximum atomic E-state index is 13.9. The van der Waals surface area contributed by atoms with Crippen LogP contribution in [0.3, 0.4) is 0 Å². The third-order valence-electron chi connectivity index (χ3n) is 3.70. The van der Waals surface area contributed by atoms with Gasteiger partial charge in [0, 0.05) is 29.2 Å². The quantitative estimate of drug-likeness (QED) is 0.857. The molecule has 2 atom stereocenters. The first-order valence-corrected chi connectivity index (χ1v) is 8.15. The van der Waals surface area contributed by atoms with Crippen molar-refractivity contribution < 1.29 is 13.9 Å². The monoisotopic (exact) mass is 372 g/mol. The summed E-state index contributed by atoms with van der Waals surface area (Å²) in [7, 11) is 0. The summed E-state index contributed by atoms with van der Waals surface area (Å²) in [5.41, 5.74) is 6.18. The van der Waals surface area contributed by atoms with Crippen LogP contribution in [0, 0.1) is 11.7 Å². The highest BCUT2D eigenvalue weighted by Gasteiger charge is 2.34. The van der Waals surface area contributed by atoms with Gasteiger partial charge in [0.25, 0.3) is 0 Å². The fourth-order valence-electron chi connectivity index (χ4n) is 2.60. The first-order chi connectivity index (χ1) is 10.2. The van der Waals surface area contributed by atoms with Gasteiger partial charge in [-0.1, -0.05) is 15.9 Å². The van der Waals surface area contributed by atoms with E-state index in [0.717, 1.165) is 10.9 Å². The average molecular weight is 373 g/mol. The zero-order valence-electron chi connectivity index (χ0n) is 13.1. The molecule has 1 aliphatic heterocycles. The Balaban J connectivity index is 2.03. The molecular formula is C16H22BrFN2O2. The molecule has 1 saturated heterocycles. The molecule has 0 aliphatic carbocycles. The van der Waals surface area contributed by atoms with E-state index < -0.39 is 11.6 Å². The van der Waals surface area contributed by atoms with Crippen LogP contribution in [0.2, 0.25) is 0 Å². The Kier molecular flexibility index (Phi) is 5.12. The van der Waals surface area contributed by atoms with Gasteiger partial charge in [0.05, 0.1) is 0 Å². The van der Waals surface area contributed by atoms with Gasteiger partial charge in [-0.3, -0.25) is 0 Å². The molecule has 0 bridgehead atoms. The second-order valence-corrected chi connectivity index (χ2v) is 7.58. The summed E-state index contributed by atoms with van der Waals surface area (Å²) in [4.78, 5) is 13.7. The number of nitrogens with zero attached hydrogens (tertiary/aromatic N) is 1. The summed E-state index contributed by atoms with van der Waals surface area (Å²) in [6.45, 7) is 6.58. The van der Waals surface area contributed by atoms with Crippen LogP contribution < -0.4 is 5.73 Å². The highest BCUT2D eigenvalue weighted by Crippen LogP contribution is 2.31. The molecule has 0 radical (unpaired) electrons. The Labute approximate surface area is 138 Å². The molecule has 1 fully saturated rings. The van der Waals surface area contributed by atoms with Crippen LogP contribution in [0.5, 0.6) is 0 Å². The Hall–Kier alpha value is -1.14. The lowest BCUT2D eigenvalue weighted by atomic mass is 9.93. The number of ether oxygens (including phenoxy) is 1. The predicted molar refractivity (Wildman–Crippen MR) is 86.9 cm³/mol. The third-order valence-corrected chi connectivity index (χ3v) is 4.19. The van der Waals surface area contributed by atoms with Crippen LogP contribution in [0.1, 0.15) is 38.8 Å². The van der Waals surface area contributed by atoms with E-state index >= 15 is 0 Å². The number of hydrogen-bond acceptors (Lipinski definition) is 3. The number of carbonyl (C=O) groups excluding carboxylic acids is 1. The van der Waals surface area contributed by atoms with E-state index in [1.165, 1.54) is 6.07 Å². The molecule has 6 heteroatoms. The normalized spacial score (nSPS) is 20.1. The number of rotatable bonds is 2. The number of nitrogens with two attached hydrogens (primary N) is 1. The molecule has 1 amide bonds. The second-order valence-electron chi connectivity index (χ2n) is 6.67. The van der Waals surface area contributed by atoms with Crippen LogP contribution in [-0.4, -0.2) is 29.7 Å². The summed E-state index contributed by atoms with van der Waals surface area (Å²) in [5, 5.41) is 0. The number of amides is 1. The van der Waals surface area contributed by atoms with E-state index in [4.69, 9.17) is 10.5 Å². The van der Waals surface area contributed by atoms with Gasteiger partial charge in [-0.05, 0) is 51.3 Å². The highest BCUT2D eigenvalue weighted by atomic mass is 79.9. The van der Waals surface area contributed by atoms with Crippen molar-refractivity contribution in [1.82, 2.24) is 4.90 Å². The standard InChI is InChI=1S/C16H22BrFN2O2/c1-16(2,3)22-15(21)20-7-6-10(9-20)14(19)12-8-11(17)4-5-13(12)18/h4-5,8,10,14H,6-7,9,19H2,1-3H3. The van der Waals surface area contributed by atoms with Crippen LogP contribution in [0.25, 0.3) is 0 Å². The Morgan fingerprint density at radius 3 is 2.82 bits per heavy atom. The molecule has 1 heterocycles. The van der Waals surface area contributed by atoms with E-state index in [2.05, 4.69) is 15.9 Å². The molecule has 0 aromatic heterocycles. The number of benzene rings is 1. The molecule has 22 heavy (non-hydrogen) atoms. The van der Waals surface area contributed by atoms with Crippen molar-refractivity contribution in [1.29, 1.82) is 0 Å². The predicted octanol–water partition coefficient (Wildman–Crippen LogP) is 3.85. The average Bonchev–Trinajstić information content (AvgIpc) is 2.88. The molecule has 4 nitrogen and oxygen atoms in total. The molecule has 2 unspecified atom stereocenters. The summed E-state index contributed by atoms with van der Waals surface area (Å²) in [6.07, 6.45) is 0.406. The summed E-state index contributed by atoms with van der Waals surface area (Å²) < 4.78 is 20.1. The highest BCUT2D eigenvalue weighted by molar-refractivity contribution is 9.10. The van der Waals surface area contributed by atoms with Crippen molar-refractivity contribution in [3.8, 4) is 0 Å². The number of carbonyl (C=O) groups is 1. The van der Waals surface area contributed by atoms with Crippen LogP contribution >= 0.6 is 15.9 Å². The van der Waals surface area contributed by atoms with Crippen molar-refractivity contribution in [3.05, 3.63) is 34.1 Å². The summed E-state index contributed by atoms with van der Waals surface area (Å²) in [5.74, 6) is -0.289. The van der Waals surface area contributed by atoms with Crippen molar-refractivity contribution in [2.24, 2.45) is 11.7 Å². The topological polar surface area (TPSA) is 55.6 Å². The van der Waals surface area contributed by atoms with Crippen LogP contribution in [0.15, 0.2) is 22.7 Å². The van der Waals surface area contributed by atoms with Crippen molar-refractivity contribution >= 4 is 22.0 Å². The van der Waals surface area contributed by atoms with Gasteiger partial charge in [-0.15, -0.1) is 0 Å². The number of hydrogen-bond donors (Lipinski definition) is 1. The lowest BCUT2D eigenvalue weighted by molar-refractivity contribution is 0.0286. The van der Waals surface area contributed by atoms with Crippen molar-refractivity contribution in [2.75, 3.05) is 13.1 Å². The Bertz CT molecular complexity index is 560. The molecule has 1 aromatic carbocycles. The molecule has 122 valence electrons. The number of likely N-dealkylation sites (tertiary alicyclic amines) is 1. The summed E-state index contributed by atoms with van der Waals surface area (Å²) >= 11 is 3.33. The van der Waals surface area contributed by atoms with E-state index in [1.54, 1.807) is 17.0 Å². The maximum Gasteiger partial charge on any atom is 0.410 e. The molecule has 0 spiro atoms. The van der Waals surface area contributed by atoms with Crippen LogP contribution in [-0.2, 0) is 4.74 Å². The maximum absolute atomic E-state index is 13.9. The lowest BCUT2D eigenvalue weighted by Crippen LogP contribution is -2.36. The fourth-order valence-corrected chi connectivity index (χ4v) is 2.98. The van der Waals surface area contributed by atoms with E-state index in [1.807, 2.05) is 20.8 Å². The molecule has 0 saturated carbocycles. The zero-order chi connectivity index (χ0) is 16.5.